The summed E-state index contributed by atoms with van der Waals surface area (Å²) in [5.74, 6) is -0.238. The Kier molecular flexibility index (Phi) is 6.87. The maximum Gasteiger partial charge on any atom is 0.271 e. The van der Waals surface area contributed by atoms with Crippen molar-refractivity contribution < 1.29 is 13.9 Å². The number of fused-ring (bicyclic) bond motifs is 1. The molecule has 37 heavy (non-hydrogen) atoms. The highest BCUT2D eigenvalue weighted by Crippen LogP contribution is 2.33. The van der Waals surface area contributed by atoms with Gasteiger partial charge >= 0.3 is 0 Å². The lowest BCUT2D eigenvalue weighted by Crippen LogP contribution is -2.36. The molecule has 0 spiro atoms. The van der Waals surface area contributed by atoms with Crippen molar-refractivity contribution >= 4 is 40.0 Å². The van der Waals surface area contributed by atoms with Crippen molar-refractivity contribution in [2.24, 2.45) is 12.8 Å². The fraction of sp³-hybridized carbons (Fsp3) is 0.308. The van der Waals surface area contributed by atoms with E-state index in [1.54, 1.807) is 6.33 Å². The molecule has 4 N–H and O–H groups in total. The normalized spacial score (nSPS) is 14.5. The van der Waals surface area contributed by atoms with Crippen LogP contribution in [-0.4, -0.2) is 64.4 Å². The summed E-state index contributed by atoms with van der Waals surface area (Å²) < 4.78 is 21.1. The number of imidazole rings is 1. The molecule has 5 rings (SSSR count). The largest absolute Gasteiger partial charge is 0.378 e. The van der Waals surface area contributed by atoms with Crippen LogP contribution in [0.2, 0.25) is 0 Å². The molecule has 1 amide bonds. The number of nitrogens with two attached hydrogens (primary N) is 1. The van der Waals surface area contributed by atoms with E-state index in [0.29, 0.717) is 41.5 Å². The van der Waals surface area contributed by atoms with Gasteiger partial charge in [0.05, 0.1) is 30.6 Å². The van der Waals surface area contributed by atoms with Gasteiger partial charge in [0.1, 0.15) is 11.9 Å². The number of carbonyl (C=O) groups is 1. The first-order valence-corrected chi connectivity index (χ1v) is 12.1. The van der Waals surface area contributed by atoms with Crippen molar-refractivity contribution in [3.8, 4) is 11.3 Å². The number of morpholine rings is 1. The van der Waals surface area contributed by atoms with Crippen LogP contribution in [0.4, 0.5) is 27.4 Å². The summed E-state index contributed by atoms with van der Waals surface area (Å²) in [6, 6.07) is 13.4. The average molecular weight is 505 g/mol. The number of benzene rings is 2. The van der Waals surface area contributed by atoms with Crippen LogP contribution in [0.25, 0.3) is 22.3 Å². The summed E-state index contributed by atoms with van der Waals surface area (Å²) in [6.45, 7) is 4.52. The highest BCUT2D eigenvalue weighted by Gasteiger charge is 2.22. The number of rotatable bonds is 8. The van der Waals surface area contributed by atoms with Crippen molar-refractivity contribution in [1.29, 1.82) is 0 Å². The van der Waals surface area contributed by atoms with E-state index in [1.165, 1.54) is 6.92 Å². The predicted molar refractivity (Wildman–Crippen MR) is 142 cm³/mol. The molecule has 4 aromatic rings. The maximum absolute atomic E-state index is 13.8. The molecule has 1 aliphatic rings. The number of aromatic nitrogens is 4. The first-order chi connectivity index (χ1) is 17.9. The van der Waals surface area contributed by atoms with E-state index < -0.39 is 12.1 Å². The Morgan fingerprint density at radius 2 is 1.89 bits per heavy atom. The topological polar surface area (TPSA) is 123 Å². The quantitative estimate of drug-likeness (QED) is 0.333. The zero-order valence-corrected chi connectivity index (χ0v) is 20.7. The van der Waals surface area contributed by atoms with Crippen LogP contribution in [0, 0.1) is 0 Å². The van der Waals surface area contributed by atoms with Gasteiger partial charge in [-0.2, -0.15) is 0 Å². The Morgan fingerprint density at radius 1 is 1.14 bits per heavy atom. The minimum Gasteiger partial charge on any atom is -0.378 e. The van der Waals surface area contributed by atoms with E-state index in [-0.39, 0.29) is 18.1 Å². The average Bonchev–Trinajstić information content (AvgIpc) is 3.29. The number of hydrogen-bond acceptors (Lipinski definition) is 8. The van der Waals surface area contributed by atoms with Crippen LogP contribution in [0.1, 0.15) is 17.4 Å². The molecule has 1 unspecified atom stereocenters. The molecule has 3 heterocycles. The smallest absolute Gasteiger partial charge is 0.271 e. The summed E-state index contributed by atoms with van der Waals surface area (Å²) in [7, 11) is 1.89. The first-order valence-electron chi connectivity index (χ1n) is 12.1. The molecule has 11 heteroatoms. The number of carbonyl (C=O) groups excluding carboxylic acids is 1. The number of ether oxygens (including phenoxy) is 1. The van der Waals surface area contributed by atoms with E-state index in [1.807, 2.05) is 54.1 Å². The predicted octanol–water partition coefficient (Wildman–Crippen LogP) is 3.48. The molecular formula is C26H29FN8O2. The Morgan fingerprint density at radius 3 is 2.59 bits per heavy atom. The summed E-state index contributed by atoms with van der Waals surface area (Å²) >= 11 is 0. The zero-order valence-electron chi connectivity index (χ0n) is 20.7. The van der Waals surface area contributed by atoms with Crippen LogP contribution < -0.4 is 21.3 Å². The summed E-state index contributed by atoms with van der Waals surface area (Å²) in [6.07, 6.45) is 0.573. The second-order valence-corrected chi connectivity index (χ2v) is 8.94. The number of anilines is 4. The van der Waals surface area contributed by atoms with E-state index in [9.17, 15) is 9.18 Å². The van der Waals surface area contributed by atoms with Crippen LogP contribution >= 0.6 is 0 Å². The number of primary amides is 1. The van der Waals surface area contributed by atoms with E-state index in [0.717, 1.165) is 24.3 Å². The summed E-state index contributed by atoms with van der Waals surface area (Å²) in [4.78, 5) is 28.5. The van der Waals surface area contributed by atoms with E-state index >= 15 is 0 Å². The lowest BCUT2D eigenvalue weighted by Gasteiger charge is -2.29. The van der Waals surface area contributed by atoms with Crippen LogP contribution in [0.5, 0.6) is 0 Å². The molecule has 1 aliphatic heterocycles. The monoisotopic (exact) mass is 504 g/mol. The molecular weight excluding hydrogens is 475 g/mol. The molecule has 1 atom stereocenters. The van der Waals surface area contributed by atoms with E-state index in [2.05, 4.69) is 30.5 Å². The molecule has 0 aliphatic carbocycles. The van der Waals surface area contributed by atoms with Gasteiger partial charge in [-0.3, -0.25) is 4.79 Å². The molecule has 0 saturated carbocycles. The third-order valence-electron chi connectivity index (χ3n) is 6.20. The summed E-state index contributed by atoms with van der Waals surface area (Å²) in [5, 5.41) is 6.19. The van der Waals surface area contributed by atoms with Gasteiger partial charge in [-0.05, 0) is 37.3 Å². The number of nitrogens with zero attached hydrogens (tertiary/aromatic N) is 5. The van der Waals surface area contributed by atoms with Crippen molar-refractivity contribution in [3.05, 3.63) is 54.5 Å². The molecule has 192 valence electrons. The molecule has 0 radical (unpaired) electrons. The highest BCUT2D eigenvalue weighted by molar-refractivity contribution is 6.00. The van der Waals surface area contributed by atoms with Crippen molar-refractivity contribution in [2.45, 2.75) is 13.1 Å². The fourth-order valence-corrected chi connectivity index (χ4v) is 4.31. The van der Waals surface area contributed by atoms with Gasteiger partial charge in [-0.25, -0.2) is 19.3 Å². The van der Waals surface area contributed by atoms with Gasteiger partial charge in [0, 0.05) is 43.6 Å². The molecule has 1 fully saturated rings. The maximum atomic E-state index is 13.8. The zero-order chi connectivity index (χ0) is 25.9. The number of para-hydroxylation sites is 1. The number of aryl methyl sites for hydroxylation is 1. The lowest BCUT2D eigenvalue weighted by molar-refractivity contribution is 0.0996. The number of hydrogen-bond donors (Lipinski definition) is 3. The number of alkyl halides is 1. The van der Waals surface area contributed by atoms with Crippen molar-refractivity contribution in [3.63, 3.8) is 0 Å². The number of halogens is 1. The molecule has 2 aromatic carbocycles. The minimum absolute atomic E-state index is 0.0173. The fourth-order valence-electron chi connectivity index (χ4n) is 4.31. The SMILES string of the molecule is CC(F)CNc1nc(Nc2ccc(N3CCOCC3)cc2)c(C(N)=O)nc1-c1cccc2c1ncn2C. The number of nitrogens with one attached hydrogen (secondary N) is 2. The van der Waals surface area contributed by atoms with E-state index in [4.69, 9.17) is 10.5 Å². The van der Waals surface area contributed by atoms with Crippen LogP contribution in [-0.2, 0) is 11.8 Å². The minimum atomic E-state index is -1.12. The molecule has 2 aromatic heterocycles. The lowest BCUT2D eigenvalue weighted by atomic mass is 10.1. The Labute approximate surface area is 213 Å². The van der Waals surface area contributed by atoms with Crippen molar-refractivity contribution in [2.75, 3.05) is 48.4 Å². The van der Waals surface area contributed by atoms with Gasteiger partial charge in [-0.15, -0.1) is 0 Å². The van der Waals surface area contributed by atoms with Gasteiger partial charge in [0.15, 0.2) is 17.3 Å². The number of amides is 1. The standard InChI is InChI=1S/C26H29FN8O2/c1-16(27)14-29-25-22(19-4-3-5-20-21(19)30-15-34(20)2)32-23(24(28)36)26(33-25)31-17-6-8-18(9-7-17)35-10-12-37-13-11-35/h3-9,15-16H,10-14H2,1-2H3,(H2,28,36)(H2,29,31,33). The summed E-state index contributed by atoms with van der Waals surface area (Å²) in [5.41, 5.74) is 10.1. The third-order valence-corrected chi connectivity index (χ3v) is 6.20. The molecule has 10 nitrogen and oxygen atoms in total. The Bertz CT molecular complexity index is 1410. The second kappa shape index (κ2) is 10.4. The van der Waals surface area contributed by atoms with Crippen molar-refractivity contribution in [1.82, 2.24) is 19.5 Å². The van der Waals surface area contributed by atoms with Crippen LogP contribution in [0.3, 0.4) is 0 Å². The Hall–Kier alpha value is -4.25. The van der Waals surface area contributed by atoms with Gasteiger partial charge in [0.25, 0.3) is 5.91 Å². The van der Waals surface area contributed by atoms with Crippen LogP contribution in [0.15, 0.2) is 48.8 Å². The van der Waals surface area contributed by atoms with Gasteiger partial charge < -0.3 is 30.6 Å². The third kappa shape index (κ3) is 5.17. The molecule has 0 bridgehead atoms. The van der Waals surface area contributed by atoms with Gasteiger partial charge in [-0.1, -0.05) is 12.1 Å². The van der Waals surface area contributed by atoms with Gasteiger partial charge in [0.2, 0.25) is 0 Å². The Balaban J connectivity index is 1.54. The molecule has 1 saturated heterocycles. The second-order valence-electron chi connectivity index (χ2n) is 8.94. The highest BCUT2D eigenvalue weighted by atomic mass is 19.1. The first kappa shape index (κ1) is 24.4.